The minimum atomic E-state index is -0.0364. The van der Waals surface area contributed by atoms with E-state index >= 15 is 0 Å². The minimum Gasteiger partial charge on any atom is -0.497 e. The van der Waals surface area contributed by atoms with E-state index in [1.165, 1.54) is 5.56 Å². The molecule has 1 aliphatic heterocycles. The molecule has 0 spiro atoms. The molecule has 1 aromatic heterocycles. The molecule has 132 valence electrons. The first-order valence-electron chi connectivity index (χ1n) is 8.82. The van der Waals surface area contributed by atoms with Crippen LogP contribution in [0.4, 0.5) is 0 Å². The number of benzene rings is 1. The molecule has 6 nitrogen and oxygen atoms in total. The SMILES string of the molecule is COc1cccc([C@@H]2C[C@H]2NC(=O)c2cn[nH]c2C2CCOCC2)c1. The van der Waals surface area contributed by atoms with Gasteiger partial charge in [-0.05, 0) is 37.0 Å². The predicted octanol–water partition coefficient (Wildman–Crippen LogP) is 2.60. The van der Waals surface area contributed by atoms with Gasteiger partial charge < -0.3 is 14.8 Å². The highest BCUT2D eigenvalue weighted by atomic mass is 16.5. The predicted molar refractivity (Wildman–Crippen MR) is 93.0 cm³/mol. The Labute approximate surface area is 146 Å². The van der Waals surface area contributed by atoms with Gasteiger partial charge in [-0.25, -0.2) is 0 Å². The Morgan fingerprint density at radius 1 is 1.36 bits per heavy atom. The molecule has 1 saturated heterocycles. The Bertz CT molecular complexity index is 752. The van der Waals surface area contributed by atoms with Crippen molar-refractivity contribution in [2.75, 3.05) is 20.3 Å². The van der Waals surface area contributed by atoms with Crippen molar-refractivity contribution in [2.45, 2.75) is 37.1 Å². The first-order chi connectivity index (χ1) is 12.3. The Hall–Kier alpha value is -2.34. The number of amides is 1. The third-order valence-electron chi connectivity index (χ3n) is 5.17. The lowest BCUT2D eigenvalue weighted by Crippen LogP contribution is -2.28. The Morgan fingerprint density at radius 3 is 3.00 bits per heavy atom. The average Bonchev–Trinajstić information content (AvgIpc) is 3.24. The van der Waals surface area contributed by atoms with E-state index in [1.54, 1.807) is 13.3 Å². The third-order valence-corrected chi connectivity index (χ3v) is 5.17. The summed E-state index contributed by atoms with van der Waals surface area (Å²) in [6.45, 7) is 1.48. The summed E-state index contributed by atoms with van der Waals surface area (Å²) in [6, 6.07) is 8.24. The van der Waals surface area contributed by atoms with Gasteiger partial charge in [0, 0.05) is 31.1 Å². The van der Waals surface area contributed by atoms with E-state index in [0.717, 1.165) is 43.9 Å². The van der Waals surface area contributed by atoms with Crippen LogP contribution in [0.1, 0.15) is 52.7 Å². The van der Waals surface area contributed by atoms with Gasteiger partial charge in [0.15, 0.2) is 0 Å². The molecule has 6 heteroatoms. The zero-order valence-corrected chi connectivity index (χ0v) is 14.3. The maximum atomic E-state index is 12.7. The number of carbonyl (C=O) groups is 1. The summed E-state index contributed by atoms with van der Waals surface area (Å²) in [7, 11) is 1.67. The standard InChI is InChI=1S/C19H23N3O3/c1-24-14-4-2-3-13(9-14)15-10-17(15)21-19(23)16-11-20-22-18(16)12-5-7-25-8-6-12/h2-4,9,11-12,15,17H,5-8,10H2,1H3,(H,20,22)(H,21,23)/t15-,17+/m0/s1. The zero-order valence-electron chi connectivity index (χ0n) is 14.3. The summed E-state index contributed by atoms with van der Waals surface area (Å²) in [6.07, 6.45) is 4.46. The Balaban J connectivity index is 1.41. The van der Waals surface area contributed by atoms with Gasteiger partial charge in [-0.3, -0.25) is 9.89 Å². The van der Waals surface area contributed by atoms with E-state index < -0.39 is 0 Å². The third kappa shape index (κ3) is 3.39. The number of hydrogen-bond acceptors (Lipinski definition) is 4. The maximum absolute atomic E-state index is 12.7. The molecule has 25 heavy (non-hydrogen) atoms. The lowest BCUT2D eigenvalue weighted by molar-refractivity contribution is 0.0833. The highest BCUT2D eigenvalue weighted by molar-refractivity contribution is 5.95. The number of methoxy groups -OCH3 is 1. The van der Waals surface area contributed by atoms with Gasteiger partial charge in [-0.2, -0.15) is 5.10 Å². The van der Waals surface area contributed by atoms with Crippen LogP contribution in [0.25, 0.3) is 0 Å². The van der Waals surface area contributed by atoms with Crippen molar-refractivity contribution in [1.29, 1.82) is 0 Å². The molecule has 0 bridgehead atoms. The monoisotopic (exact) mass is 341 g/mol. The maximum Gasteiger partial charge on any atom is 0.254 e. The second kappa shape index (κ2) is 6.88. The number of aromatic nitrogens is 2. The molecule has 2 fully saturated rings. The number of H-pyrrole nitrogens is 1. The number of nitrogens with zero attached hydrogens (tertiary/aromatic N) is 1. The van der Waals surface area contributed by atoms with Gasteiger partial charge in [-0.15, -0.1) is 0 Å². The molecule has 0 unspecified atom stereocenters. The summed E-state index contributed by atoms with van der Waals surface area (Å²) in [5, 5.41) is 10.3. The van der Waals surface area contributed by atoms with E-state index in [0.29, 0.717) is 17.4 Å². The highest BCUT2D eigenvalue weighted by Crippen LogP contribution is 2.42. The number of hydrogen-bond donors (Lipinski definition) is 2. The van der Waals surface area contributed by atoms with Crippen LogP contribution in [-0.2, 0) is 4.74 Å². The van der Waals surface area contributed by atoms with E-state index in [1.807, 2.05) is 18.2 Å². The largest absolute Gasteiger partial charge is 0.497 e. The summed E-state index contributed by atoms with van der Waals surface area (Å²) in [5.41, 5.74) is 2.82. The number of carbonyl (C=O) groups excluding carboxylic acids is 1. The average molecular weight is 341 g/mol. The van der Waals surface area contributed by atoms with Crippen molar-refractivity contribution in [3.63, 3.8) is 0 Å². The van der Waals surface area contributed by atoms with Crippen molar-refractivity contribution in [3.8, 4) is 5.75 Å². The fraction of sp³-hybridized carbons (Fsp3) is 0.474. The molecular formula is C19H23N3O3. The number of rotatable bonds is 5. The first-order valence-corrected chi connectivity index (χ1v) is 8.82. The first kappa shape index (κ1) is 16.1. The van der Waals surface area contributed by atoms with E-state index in [2.05, 4.69) is 21.6 Å². The van der Waals surface area contributed by atoms with Crippen molar-refractivity contribution in [3.05, 3.63) is 47.3 Å². The summed E-state index contributed by atoms with van der Waals surface area (Å²) in [5.74, 6) is 1.50. The number of aromatic amines is 1. The van der Waals surface area contributed by atoms with Gasteiger partial charge in [0.1, 0.15) is 5.75 Å². The lowest BCUT2D eigenvalue weighted by atomic mass is 9.94. The highest BCUT2D eigenvalue weighted by Gasteiger charge is 2.40. The molecule has 1 amide bonds. The second-order valence-corrected chi connectivity index (χ2v) is 6.78. The number of ether oxygens (including phenoxy) is 2. The second-order valence-electron chi connectivity index (χ2n) is 6.78. The topological polar surface area (TPSA) is 76.2 Å². The van der Waals surface area contributed by atoms with Crippen LogP contribution in [0.3, 0.4) is 0 Å². The molecule has 2 heterocycles. The lowest BCUT2D eigenvalue weighted by Gasteiger charge is -2.21. The summed E-state index contributed by atoms with van der Waals surface area (Å²) in [4.78, 5) is 12.7. The van der Waals surface area contributed by atoms with Crippen LogP contribution in [-0.4, -0.2) is 42.5 Å². The van der Waals surface area contributed by atoms with Crippen LogP contribution in [0.15, 0.2) is 30.5 Å². The van der Waals surface area contributed by atoms with Gasteiger partial charge in [0.05, 0.1) is 24.6 Å². The Morgan fingerprint density at radius 2 is 2.20 bits per heavy atom. The molecule has 1 aliphatic carbocycles. The van der Waals surface area contributed by atoms with Crippen LogP contribution in [0, 0.1) is 0 Å². The zero-order chi connectivity index (χ0) is 17.2. The smallest absolute Gasteiger partial charge is 0.254 e. The van der Waals surface area contributed by atoms with Gasteiger partial charge >= 0.3 is 0 Å². The quantitative estimate of drug-likeness (QED) is 0.876. The van der Waals surface area contributed by atoms with Crippen LogP contribution >= 0.6 is 0 Å². The fourth-order valence-corrected chi connectivity index (χ4v) is 3.62. The van der Waals surface area contributed by atoms with Crippen LogP contribution in [0.2, 0.25) is 0 Å². The van der Waals surface area contributed by atoms with Crippen LogP contribution < -0.4 is 10.1 Å². The van der Waals surface area contributed by atoms with Crippen molar-refractivity contribution < 1.29 is 14.3 Å². The van der Waals surface area contributed by atoms with Crippen LogP contribution in [0.5, 0.6) is 5.75 Å². The molecule has 4 rings (SSSR count). The van der Waals surface area contributed by atoms with Crippen molar-refractivity contribution >= 4 is 5.91 Å². The van der Waals surface area contributed by atoms with Gasteiger partial charge in [-0.1, -0.05) is 12.1 Å². The molecule has 2 aromatic rings. The van der Waals surface area contributed by atoms with Crippen molar-refractivity contribution in [1.82, 2.24) is 15.5 Å². The summed E-state index contributed by atoms with van der Waals surface area (Å²) < 4.78 is 10.7. The van der Waals surface area contributed by atoms with E-state index in [9.17, 15) is 4.79 Å². The summed E-state index contributed by atoms with van der Waals surface area (Å²) >= 11 is 0. The van der Waals surface area contributed by atoms with E-state index in [-0.39, 0.29) is 11.9 Å². The molecule has 1 saturated carbocycles. The molecule has 2 aliphatic rings. The fourth-order valence-electron chi connectivity index (χ4n) is 3.62. The van der Waals surface area contributed by atoms with E-state index in [4.69, 9.17) is 9.47 Å². The Kier molecular flexibility index (Phi) is 4.44. The molecular weight excluding hydrogens is 318 g/mol. The number of nitrogens with one attached hydrogen (secondary N) is 2. The van der Waals surface area contributed by atoms with Gasteiger partial charge in [0.25, 0.3) is 5.91 Å². The van der Waals surface area contributed by atoms with Crippen molar-refractivity contribution in [2.24, 2.45) is 0 Å². The molecule has 1 aromatic carbocycles. The molecule has 0 radical (unpaired) electrons. The minimum absolute atomic E-state index is 0.0364. The molecule has 2 N–H and O–H groups in total. The molecule has 2 atom stereocenters. The normalized spacial score (nSPS) is 23.2. The van der Waals surface area contributed by atoms with Gasteiger partial charge in [0.2, 0.25) is 0 Å².